The van der Waals surface area contributed by atoms with Gasteiger partial charge in [0.25, 0.3) is 0 Å². The summed E-state index contributed by atoms with van der Waals surface area (Å²) in [7, 11) is 0. The van der Waals surface area contributed by atoms with E-state index in [-0.39, 0.29) is 4.47 Å². The molecule has 0 aliphatic heterocycles. The maximum absolute atomic E-state index is 13.3. The van der Waals surface area contributed by atoms with Crippen LogP contribution in [0.15, 0.2) is 28.3 Å². The summed E-state index contributed by atoms with van der Waals surface area (Å²) in [6, 6.07) is 2.37. The van der Waals surface area contributed by atoms with Crippen molar-refractivity contribution in [3.63, 3.8) is 0 Å². The lowest BCUT2D eigenvalue weighted by Crippen LogP contribution is -2.03. The lowest BCUT2D eigenvalue weighted by Gasteiger charge is -2.12. The first-order chi connectivity index (χ1) is 8.09. The Bertz CT molecular complexity index is 518. The highest BCUT2D eigenvalue weighted by molar-refractivity contribution is 9.10. The molecule has 0 saturated heterocycles. The van der Waals surface area contributed by atoms with Gasteiger partial charge < -0.3 is 5.11 Å². The molecule has 1 aromatic carbocycles. The largest absolute Gasteiger partial charge is 0.388 e. The second-order valence-electron chi connectivity index (χ2n) is 3.45. The molecule has 1 atom stereocenters. The highest BCUT2D eigenvalue weighted by Crippen LogP contribution is 2.30. The Hall–Kier alpha value is -0.850. The molecule has 0 aliphatic rings. The monoisotopic (exact) mass is 319 g/mol. The first kappa shape index (κ1) is 12.6. The molecule has 0 spiro atoms. The molecule has 1 unspecified atom stereocenters. The lowest BCUT2D eigenvalue weighted by molar-refractivity contribution is 0.178. The van der Waals surface area contributed by atoms with Gasteiger partial charge in [-0.2, -0.15) is 0 Å². The lowest BCUT2D eigenvalue weighted by atomic mass is 10.1. The molecule has 1 aromatic heterocycles. The van der Waals surface area contributed by atoms with Gasteiger partial charge in [-0.3, -0.25) is 4.98 Å². The van der Waals surface area contributed by atoms with Crippen LogP contribution in [0.25, 0.3) is 0 Å². The summed E-state index contributed by atoms with van der Waals surface area (Å²) in [5.41, 5.74) is 1.99. The third kappa shape index (κ3) is 2.70. The second-order valence-corrected chi connectivity index (χ2v) is 5.22. The minimum Gasteiger partial charge on any atom is -0.388 e. The summed E-state index contributed by atoms with van der Waals surface area (Å²) in [4.78, 5) is 4.77. The van der Waals surface area contributed by atoms with Crippen molar-refractivity contribution in [1.29, 1.82) is 0 Å². The Kier molecular flexibility index (Phi) is 3.86. The quantitative estimate of drug-likeness (QED) is 0.879. The number of thiazole rings is 1. The number of halogens is 3. The maximum atomic E-state index is 13.3. The van der Waals surface area contributed by atoms with Crippen LogP contribution in [0.2, 0.25) is 0 Å². The molecule has 0 amide bonds. The van der Waals surface area contributed by atoms with Crippen LogP contribution in [-0.2, 0) is 6.42 Å². The van der Waals surface area contributed by atoms with Crippen molar-refractivity contribution in [1.82, 2.24) is 4.98 Å². The average molecular weight is 320 g/mol. The van der Waals surface area contributed by atoms with Crippen molar-refractivity contribution in [3.05, 3.63) is 50.4 Å². The zero-order chi connectivity index (χ0) is 12.4. The fourth-order valence-corrected chi connectivity index (χ4v) is 2.66. The minimum absolute atomic E-state index is 0.0329. The molecular formula is C11H8BrF2NOS. The van der Waals surface area contributed by atoms with Gasteiger partial charge in [0, 0.05) is 17.5 Å². The average Bonchev–Trinajstić information content (AvgIpc) is 2.78. The van der Waals surface area contributed by atoms with Crippen LogP contribution in [0.4, 0.5) is 8.78 Å². The Labute approximate surface area is 109 Å². The van der Waals surface area contributed by atoms with Crippen LogP contribution >= 0.6 is 27.3 Å². The van der Waals surface area contributed by atoms with Gasteiger partial charge in [0.1, 0.15) is 0 Å². The minimum atomic E-state index is -0.981. The van der Waals surface area contributed by atoms with Gasteiger partial charge in [0.05, 0.1) is 16.1 Å². The Morgan fingerprint density at radius 1 is 1.41 bits per heavy atom. The Morgan fingerprint density at radius 3 is 2.82 bits per heavy atom. The molecule has 6 heteroatoms. The molecule has 0 saturated carbocycles. The van der Waals surface area contributed by atoms with Crippen molar-refractivity contribution in [2.75, 3.05) is 0 Å². The fraction of sp³-hybridized carbons (Fsp3) is 0.182. The SMILES string of the molecule is OC(Cc1cncs1)c1ccc(F)c(F)c1Br. The van der Waals surface area contributed by atoms with Crippen molar-refractivity contribution in [2.24, 2.45) is 0 Å². The highest BCUT2D eigenvalue weighted by atomic mass is 79.9. The number of nitrogens with zero attached hydrogens (tertiary/aromatic N) is 1. The first-order valence-electron chi connectivity index (χ1n) is 4.78. The van der Waals surface area contributed by atoms with E-state index in [0.29, 0.717) is 12.0 Å². The molecule has 0 bridgehead atoms. The molecule has 0 fully saturated rings. The predicted octanol–water partition coefficient (Wildman–Crippen LogP) is 3.46. The van der Waals surface area contributed by atoms with E-state index in [2.05, 4.69) is 20.9 Å². The first-order valence-corrected chi connectivity index (χ1v) is 6.45. The molecule has 0 aliphatic carbocycles. The van der Waals surface area contributed by atoms with E-state index in [1.54, 1.807) is 11.7 Å². The Morgan fingerprint density at radius 2 is 2.18 bits per heavy atom. The van der Waals surface area contributed by atoms with Crippen LogP contribution in [-0.4, -0.2) is 10.1 Å². The van der Waals surface area contributed by atoms with E-state index >= 15 is 0 Å². The summed E-state index contributed by atoms with van der Waals surface area (Å²) in [6.45, 7) is 0. The highest BCUT2D eigenvalue weighted by Gasteiger charge is 2.17. The van der Waals surface area contributed by atoms with Crippen LogP contribution < -0.4 is 0 Å². The topological polar surface area (TPSA) is 33.1 Å². The van der Waals surface area contributed by atoms with E-state index in [1.807, 2.05) is 0 Å². The molecule has 2 nitrogen and oxygen atoms in total. The van der Waals surface area contributed by atoms with Crippen molar-refractivity contribution < 1.29 is 13.9 Å². The zero-order valence-corrected chi connectivity index (χ0v) is 10.9. The van der Waals surface area contributed by atoms with Gasteiger partial charge in [0.15, 0.2) is 11.6 Å². The zero-order valence-electron chi connectivity index (χ0n) is 8.53. The second kappa shape index (κ2) is 5.20. The number of benzene rings is 1. The molecule has 1 N–H and O–H groups in total. The molecule has 2 rings (SSSR count). The predicted molar refractivity (Wildman–Crippen MR) is 64.8 cm³/mol. The summed E-state index contributed by atoms with van der Waals surface area (Å²) >= 11 is 4.35. The van der Waals surface area contributed by atoms with Crippen LogP contribution in [0.3, 0.4) is 0 Å². The van der Waals surface area contributed by atoms with Gasteiger partial charge in [-0.05, 0) is 27.6 Å². The number of aliphatic hydroxyl groups excluding tert-OH is 1. The van der Waals surface area contributed by atoms with Gasteiger partial charge in [0.2, 0.25) is 0 Å². The number of aliphatic hydroxyl groups is 1. The molecule has 0 radical (unpaired) electrons. The van der Waals surface area contributed by atoms with Crippen LogP contribution in [0.1, 0.15) is 16.5 Å². The van der Waals surface area contributed by atoms with Gasteiger partial charge >= 0.3 is 0 Å². The van der Waals surface area contributed by atoms with Gasteiger partial charge in [-0.1, -0.05) is 6.07 Å². The number of rotatable bonds is 3. The third-order valence-corrected chi connectivity index (χ3v) is 3.91. The standard InChI is InChI=1S/C11H8BrF2NOS/c12-10-7(1-2-8(13)11(10)14)9(16)3-6-4-15-5-17-6/h1-2,4-5,9,16H,3H2. The maximum Gasteiger partial charge on any atom is 0.173 e. The summed E-state index contributed by atoms with van der Waals surface area (Å²) in [5.74, 6) is -1.92. The number of aromatic nitrogens is 1. The summed E-state index contributed by atoms with van der Waals surface area (Å²) in [6.07, 6.45) is 1.08. The normalized spacial score (nSPS) is 12.7. The van der Waals surface area contributed by atoms with E-state index in [0.717, 1.165) is 10.9 Å². The Balaban J connectivity index is 2.25. The number of hydrogen-bond donors (Lipinski definition) is 1. The molecule has 2 aromatic rings. The van der Waals surface area contributed by atoms with E-state index in [1.165, 1.54) is 17.4 Å². The van der Waals surface area contributed by atoms with Gasteiger partial charge in [-0.25, -0.2) is 8.78 Å². The summed E-state index contributed by atoms with van der Waals surface area (Å²) in [5, 5.41) is 9.95. The van der Waals surface area contributed by atoms with E-state index in [4.69, 9.17) is 0 Å². The van der Waals surface area contributed by atoms with Crippen molar-refractivity contribution in [3.8, 4) is 0 Å². The van der Waals surface area contributed by atoms with E-state index in [9.17, 15) is 13.9 Å². The van der Waals surface area contributed by atoms with Crippen molar-refractivity contribution in [2.45, 2.75) is 12.5 Å². The molecular weight excluding hydrogens is 312 g/mol. The number of hydrogen-bond acceptors (Lipinski definition) is 3. The van der Waals surface area contributed by atoms with Crippen LogP contribution in [0, 0.1) is 11.6 Å². The molecule has 17 heavy (non-hydrogen) atoms. The van der Waals surface area contributed by atoms with Crippen molar-refractivity contribution >= 4 is 27.3 Å². The third-order valence-electron chi connectivity index (χ3n) is 2.30. The van der Waals surface area contributed by atoms with Crippen LogP contribution in [0.5, 0.6) is 0 Å². The summed E-state index contributed by atoms with van der Waals surface area (Å²) < 4.78 is 26.2. The molecule has 90 valence electrons. The van der Waals surface area contributed by atoms with Gasteiger partial charge in [-0.15, -0.1) is 11.3 Å². The fourth-order valence-electron chi connectivity index (χ4n) is 1.44. The smallest absolute Gasteiger partial charge is 0.173 e. The van der Waals surface area contributed by atoms with E-state index < -0.39 is 17.7 Å². The molecule has 1 heterocycles.